The van der Waals surface area contributed by atoms with Gasteiger partial charge in [0.25, 0.3) is 0 Å². The molecule has 1 amide bonds. The highest BCUT2D eigenvalue weighted by molar-refractivity contribution is 5.93. The number of allylic oxidation sites excluding steroid dienone is 2. The second-order valence-corrected chi connectivity index (χ2v) is 5.75. The molecule has 1 aliphatic carbocycles. The van der Waals surface area contributed by atoms with Gasteiger partial charge in [-0.3, -0.25) is 9.59 Å². The summed E-state index contributed by atoms with van der Waals surface area (Å²) in [6.07, 6.45) is 4.78. The van der Waals surface area contributed by atoms with Gasteiger partial charge in [-0.05, 0) is 11.6 Å². The molecule has 1 saturated heterocycles. The number of ketones is 1. The Bertz CT molecular complexity index is 664. The molecule has 1 fully saturated rings. The van der Waals surface area contributed by atoms with Crippen molar-refractivity contribution in [3.63, 3.8) is 0 Å². The highest BCUT2D eigenvalue weighted by atomic mass is 16.5. The summed E-state index contributed by atoms with van der Waals surface area (Å²) in [5, 5.41) is 2.92. The molecule has 0 aromatic heterocycles. The molecule has 1 aliphatic heterocycles. The number of hydrogen-bond acceptors (Lipinski definition) is 4. The molecule has 23 heavy (non-hydrogen) atoms. The van der Waals surface area contributed by atoms with Crippen LogP contribution in [0.4, 0.5) is 0 Å². The van der Waals surface area contributed by atoms with Crippen LogP contribution in [0.5, 0.6) is 0 Å². The molecule has 1 atom stereocenters. The second kappa shape index (κ2) is 6.69. The minimum absolute atomic E-state index is 0.00266. The zero-order valence-electron chi connectivity index (χ0n) is 13.1. The van der Waals surface area contributed by atoms with E-state index in [1.807, 2.05) is 48.4 Å². The van der Waals surface area contributed by atoms with E-state index in [2.05, 4.69) is 5.32 Å². The van der Waals surface area contributed by atoms with Gasteiger partial charge in [0.15, 0.2) is 12.0 Å². The van der Waals surface area contributed by atoms with Gasteiger partial charge in [-0.1, -0.05) is 30.3 Å². The molecule has 0 radical (unpaired) electrons. The molecule has 5 heteroatoms. The van der Waals surface area contributed by atoms with Gasteiger partial charge in [-0.25, -0.2) is 0 Å². The van der Waals surface area contributed by atoms with E-state index in [0.29, 0.717) is 31.6 Å². The zero-order chi connectivity index (χ0) is 16.2. The maximum Gasteiger partial charge on any atom is 0.224 e. The van der Waals surface area contributed by atoms with E-state index in [4.69, 9.17) is 4.74 Å². The summed E-state index contributed by atoms with van der Waals surface area (Å²) < 4.78 is 5.79. The monoisotopic (exact) mass is 312 g/mol. The van der Waals surface area contributed by atoms with Crippen molar-refractivity contribution in [3.8, 4) is 0 Å². The lowest BCUT2D eigenvalue weighted by Gasteiger charge is -2.20. The van der Waals surface area contributed by atoms with Crippen LogP contribution in [0.25, 0.3) is 0 Å². The third kappa shape index (κ3) is 3.62. The first kappa shape index (κ1) is 15.3. The zero-order valence-corrected chi connectivity index (χ0v) is 13.1. The van der Waals surface area contributed by atoms with Crippen LogP contribution in [0.1, 0.15) is 18.4 Å². The van der Waals surface area contributed by atoms with Gasteiger partial charge in [0, 0.05) is 32.5 Å². The topological polar surface area (TPSA) is 58.6 Å². The van der Waals surface area contributed by atoms with Crippen LogP contribution in [0.2, 0.25) is 0 Å². The lowest BCUT2D eigenvalue weighted by Crippen LogP contribution is -2.32. The van der Waals surface area contributed by atoms with Crippen LogP contribution in [0.15, 0.2) is 53.9 Å². The molecule has 1 heterocycles. The summed E-state index contributed by atoms with van der Waals surface area (Å²) in [7, 11) is 1.94. The number of hydrogen-bond donors (Lipinski definition) is 1. The van der Waals surface area contributed by atoms with Gasteiger partial charge in [0.2, 0.25) is 5.91 Å². The van der Waals surface area contributed by atoms with E-state index in [1.165, 1.54) is 0 Å². The first-order chi connectivity index (χ1) is 11.1. The van der Waals surface area contributed by atoms with Crippen LogP contribution in [0.3, 0.4) is 0 Å². The largest absolute Gasteiger partial charge is 0.468 e. The molecule has 120 valence electrons. The van der Waals surface area contributed by atoms with E-state index in [1.54, 1.807) is 6.08 Å². The summed E-state index contributed by atoms with van der Waals surface area (Å²) in [6.45, 7) is 0.537. The Hall–Kier alpha value is -2.56. The molecule has 1 N–H and O–H groups in total. The third-order valence-corrected chi connectivity index (χ3v) is 4.04. The molecule has 1 aromatic carbocycles. The van der Waals surface area contributed by atoms with Crippen molar-refractivity contribution in [2.45, 2.75) is 25.5 Å². The Morgan fingerprint density at radius 3 is 2.91 bits per heavy atom. The van der Waals surface area contributed by atoms with Gasteiger partial charge in [-0.15, -0.1) is 0 Å². The number of nitrogens with zero attached hydrogens (tertiary/aromatic N) is 1. The number of likely N-dealkylation sites (N-methyl/N-ethyl adjacent to an activating group) is 1. The van der Waals surface area contributed by atoms with E-state index in [9.17, 15) is 9.59 Å². The molecule has 5 nitrogen and oxygen atoms in total. The lowest BCUT2D eigenvalue weighted by atomic mass is 10.1. The fourth-order valence-corrected chi connectivity index (χ4v) is 2.80. The fourth-order valence-electron chi connectivity index (χ4n) is 2.80. The molecule has 0 spiro atoms. The number of nitrogens with one attached hydrogen (secondary N) is 1. The van der Waals surface area contributed by atoms with Crippen molar-refractivity contribution in [2.24, 2.45) is 0 Å². The highest BCUT2D eigenvalue weighted by Crippen LogP contribution is 2.32. The molecule has 2 aliphatic rings. The molecule has 1 unspecified atom stereocenters. The van der Waals surface area contributed by atoms with Gasteiger partial charge < -0.3 is 15.0 Å². The minimum atomic E-state index is -0.143. The summed E-state index contributed by atoms with van der Waals surface area (Å²) in [4.78, 5) is 25.4. The van der Waals surface area contributed by atoms with Gasteiger partial charge >= 0.3 is 0 Å². The lowest BCUT2D eigenvalue weighted by molar-refractivity contribution is -0.120. The number of amides is 1. The average Bonchev–Trinajstić information content (AvgIpc) is 2.84. The van der Waals surface area contributed by atoms with Crippen molar-refractivity contribution < 1.29 is 14.3 Å². The van der Waals surface area contributed by atoms with E-state index in [-0.39, 0.29) is 17.9 Å². The number of fused-ring (bicyclic) bond motifs is 1. The third-order valence-electron chi connectivity index (χ3n) is 4.04. The normalized spacial score (nSPS) is 19.6. The van der Waals surface area contributed by atoms with Crippen molar-refractivity contribution in [1.29, 1.82) is 0 Å². The molecule has 3 rings (SSSR count). The predicted octanol–water partition coefficient (Wildman–Crippen LogP) is 1.76. The van der Waals surface area contributed by atoms with Crippen LogP contribution < -0.4 is 5.32 Å². The Morgan fingerprint density at radius 1 is 1.35 bits per heavy atom. The summed E-state index contributed by atoms with van der Waals surface area (Å²) in [5.41, 5.74) is 1.96. The number of ether oxygens (including phenoxy) is 1. The van der Waals surface area contributed by atoms with Crippen molar-refractivity contribution in [3.05, 3.63) is 59.5 Å². The van der Waals surface area contributed by atoms with E-state index < -0.39 is 0 Å². The number of carbonyl (C=O) groups is 2. The maximum absolute atomic E-state index is 11.9. The Morgan fingerprint density at radius 2 is 2.13 bits per heavy atom. The fraction of sp³-hybridized carbons (Fsp3) is 0.333. The number of benzene rings is 1. The summed E-state index contributed by atoms with van der Waals surface area (Å²) in [6, 6.07) is 9.66. The van der Waals surface area contributed by atoms with Crippen molar-refractivity contribution in [1.82, 2.24) is 10.2 Å². The highest BCUT2D eigenvalue weighted by Gasteiger charge is 2.32. The summed E-state index contributed by atoms with van der Waals surface area (Å²) >= 11 is 0. The minimum Gasteiger partial charge on any atom is -0.468 e. The predicted molar refractivity (Wildman–Crippen MR) is 86.2 cm³/mol. The smallest absolute Gasteiger partial charge is 0.224 e. The quantitative estimate of drug-likeness (QED) is 0.900. The molecular weight excluding hydrogens is 292 g/mol. The van der Waals surface area contributed by atoms with Gasteiger partial charge in [0.1, 0.15) is 5.76 Å². The summed E-state index contributed by atoms with van der Waals surface area (Å²) in [5.74, 6) is 0.709. The van der Waals surface area contributed by atoms with E-state index in [0.717, 1.165) is 11.3 Å². The van der Waals surface area contributed by atoms with E-state index >= 15 is 0 Å². The van der Waals surface area contributed by atoms with Crippen molar-refractivity contribution >= 4 is 11.7 Å². The van der Waals surface area contributed by atoms with Gasteiger partial charge in [-0.2, -0.15) is 0 Å². The molecule has 0 saturated carbocycles. The van der Waals surface area contributed by atoms with Crippen LogP contribution >= 0.6 is 0 Å². The molecule has 0 bridgehead atoms. The molecular formula is C18H20N2O3. The van der Waals surface area contributed by atoms with Crippen molar-refractivity contribution in [2.75, 3.05) is 13.6 Å². The molecule has 1 aromatic rings. The average molecular weight is 312 g/mol. The Labute approximate surface area is 135 Å². The van der Waals surface area contributed by atoms with Crippen LogP contribution in [0, 0.1) is 0 Å². The van der Waals surface area contributed by atoms with Crippen LogP contribution in [-0.2, 0) is 20.7 Å². The standard InChI is InChI=1S/C18H20N2O3/c1-20-15-8-7-14(21)12-16(15)23-18(20)9-10-19-17(22)11-13-5-3-2-4-6-13/h2-6,8,12,18H,7,9-11H2,1H3,(H,19,22). The Balaban J connectivity index is 1.47. The SMILES string of the molecule is CN1C2=CCC(=O)C=C2OC1CCNC(=O)Cc1ccccc1. The second-order valence-electron chi connectivity index (χ2n) is 5.75. The maximum atomic E-state index is 11.9. The first-order valence-electron chi connectivity index (χ1n) is 7.78. The van der Waals surface area contributed by atoms with Gasteiger partial charge in [0.05, 0.1) is 12.1 Å². The number of carbonyl (C=O) groups excluding carboxylic acids is 2. The first-order valence-corrected chi connectivity index (χ1v) is 7.78. The Kier molecular flexibility index (Phi) is 4.46. The number of rotatable bonds is 5. The van der Waals surface area contributed by atoms with Crippen LogP contribution in [-0.4, -0.2) is 36.4 Å².